The highest BCUT2D eigenvalue weighted by Crippen LogP contribution is 2.32. The Labute approximate surface area is 66.6 Å². The van der Waals surface area contributed by atoms with Crippen molar-refractivity contribution in [3.05, 3.63) is 0 Å². The summed E-state index contributed by atoms with van der Waals surface area (Å²) in [6.45, 7) is 6.38. The normalized spacial score (nSPS) is 42.0. The van der Waals surface area contributed by atoms with E-state index in [2.05, 4.69) is 13.8 Å². The highest BCUT2D eigenvalue weighted by atomic mass is 16.7. The van der Waals surface area contributed by atoms with E-state index in [4.69, 9.17) is 14.2 Å². The van der Waals surface area contributed by atoms with E-state index in [1.54, 1.807) is 0 Å². The van der Waals surface area contributed by atoms with Crippen LogP contribution in [-0.2, 0) is 14.2 Å². The molecule has 0 saturated carbocycles. The fourth-order valence-electron chi connectivity index (χ4n) is 1.46. The van der Waals surface area contributed by atoms with Gasteiger partial charge in [-0.1, -0.05) is 13.8 Å². The summed E-state index contributed by atoms with van der Waals surface area (Å²) in [5.74, 6) is 0. The van der Waals surface area contributed by atoms with Crippen LogP contribution in [0.4, 0.5) is 0 Å². The zero-order valence-electron chi connectivity index (χ0n) is 7.00. The Morgan fingerprint density at radius 1 is 1.27 bits per heavy atom. The first-order valence-corrected chi connectivity index (χ1v) is 4.03. The summed E-state index contributed by atoms with van der Waals surface area (Å²) >= 11 is 0. The summed E-state index contributed by atoms with van der Waals surface area (Å²) in [7, 11) is 0. The van der Waals surface area contributed by atoms with Crippen LogP contribution in [0.25, 0.3) is 0 Å². The van der Waals surface area contributed by atoms with Gasteiger partial charge in [0.2, 0.25) is 0 Å². The molecule has 2 rings (SSSR count). The van der Waals surface area contributed by atoms with Crippen molar-refractivity contribution >= 4 is 0 Å². The Bertz CT molecular complexity index is 155. The SMILES string of the molecule is CC1(C)COCC2OCC1O2. The molecule has 2 unspecified atom stereocenters. The molecule has 2 fully saturated rings. The van der Waals surface area contributed by atoms with Crippen LogP contribution in [0.1, 0.15) is 13.8 Å². The lowest BCUT2D eigenvalue weighted by atomic mass is 9.88. The van der Waals surface area contributed by atoms with E-state index in [-0.39, 0.29) is 17.8 Å². The molecule has 0 aromatic carbocycles. The monoisotopic (exact) mass is 158 g/mol. The fourth-order valence-corrected chi connectivity index (χ4v) is 1.46. The Balaban J connectivity index is 2.13. The van der Waals surface area contributed by atoms with Crippen LogP contribution in [0.3, 0.4) is 0 Å². The van der Waals surface area contributed by atoms with Crippen molar-refractivity contribution in [3.8, 4) is 0 Å². The van der Waals surface area contributed by atoms with Crippen LogP contribution >= 0.6 is 0 Å². The summed E-state index contributed by atoms with van der Waals surface area (Å²) in [6, 6.07) is 0. The minimum absolute atomic E-state index is 0.102. The van der Waals surface area contributed by atoms with Crippen LogP contribution < -0.4 is 0 Å². The van der Waals surface area contributed by atoms with Crippen molar-refractivity contribution in [2.75, 3.05) is 19.8 Å². The van der Waals surface area contributed by atoms with Gasteiger partial charge < -0.3 is 14.2 Å². The first-order valence-electron chi connectivity index (χ1n) is 4.03. The fraction of sp³-hybridized carbons (Fsp3) is 1.00. The molecule has 0 aliphatic carbocycles. The maximum Gasteiger partial charge on any atom is 0.181 e. The zero-order chi connectivity index (χ0) is 7.90. The predicted octanol–water partition coefficient (Wildman–Crippen LogP) is 0.784. The molecule has 3 heteroatoms. The predicted molar refractivity (Wildman–Crippen MR) is 39.2 cm³/mol. The second-order valence-corrected chi connectivity index (χ2v) is 3.89. The first kappa shape index (κ1) is 7.53. The average molecular weight is 158 g/mol. The molecule has 0 amide bonds. The Kier molecular flexibility index (Phi) is 1.67. The van der Waals surface area contributed by atoms with Gasteiger partial charge in [-0.15, -0.1) is 0 Å². The van der Waals surface area contributed by atoms with Crippen LogP contribution in [0.2, 0.25) is 0 Å². The summed E-state index contributed by atoms with van der Waals surface area (Å²) < 4.78 is 16.3. The molecule has 2 aliphatic rings. The summed E-state index contributed by atoms with van der Waals surface area (Å²) in [5.41, 5.74) is 0.102. The Morgan fingerprint density at radius 2 is 2.09 bits per heavy atom. The lowest BCUT2D eigenvalue weighted by Crippen LogP contribution is -2.34. The highest BCUT2D eigenvalue weighted by Gasteiger charge is 2.40. The van der Waals surface area contributed by atoms with E-state index in [1.807, 2.05) is 0 Å². The van der Waals surface area contributed by atoms with Crippen molar-refractivity contribution in [1.82, 2.24) is 0 Å². The molecule has 2 aliphatic heterocycles. The van der Waals surface area contributed by atoms with Crippen molar-refractivity contribution in [3.63, 3.8) is 0 Å². The Hall–Kier alpha value is -0.120. The molecule has 64 valence electrons. The van der Waals surface area contributed by atoms with Gasteiger partial charge in [0.15, 0.2) is 6.29 Å². The van der Waals surface area contributed by atoms with Gasteiger partial charge in [-0.2, -0.15) is 0 Å². The van der Waals surface area contributed by atoms with Crippen LogP contribution in [0.15, 0.2) is 0 Å². The number of hydrogen-bond donors (Lipinski definition) is 0. The van der Waals surface area contributed by atoms with Gasteiger partial charge in [-0.3, -0.25) is 0 Å². The molecule has 0 aromatic rings. The minimum atomic E-state index is -0.109. The third kappa shape index (κ3) is 1.28. The third-order valence-corrected chi connectivity index (χ3v) is 2.35. The zero-order valence-corrected chi connectivity index (χ0v) is 7.00. The van der Waals surface area contributed by atoms with Gasteiger partial charge in [0.1, 0.15) is 0 Å². The maximum absolute atomic E-state index is 5.59. The number of rotatable bonds is 0. The van der Waals surface area contributed by atoms with Gasteiger partial charge in [0.05, 0.1) is 25.9 Å². The largest absolute Gasteiger partial charge is 0.376 e. The number of fused-ring (bicyclic) bond motifs is 2. The quantitative estimate of drug-likeness (QED) is 0.521. The smallest absolute Gasteiger partial charge is 0.181 e. The van der Waals surface area contributed by atoms with Crippen molar-refractivity contribution < 1.29 is 14.2 Å². The van der Waals surface area contributed by atoms with Gasteiger partial charge in [0, 0.05) is 5.41 Å². The lowest BCUT2D eigenvalue weighted by molar-refractivity contribution is -0.0853. The molecule has 3 nitrogen and oxygen atoms in total. The van der Waals surface area contributed by atoms with Crippen molar-refractivity contribution in [2.45, 2.75) is 26.2 Å². The van der Waals surface area contributed by atoms with E-state index in [9.17, 15) is 0 Å². The topological polar surface area (TPSA) is 27.7 Å². The van der Waals surface area contributed by atoms with Crippen LogP contribution in [-0.4, -0.2) is 32.2 Å². The molecule has 0 radical (unpaired) electrons. The van der Waals surface area contributed by atoms with Gasteiger partial charge in [0.25, 0.3) is 0 Å². The standard InChI is InChI=1S/C8H14O3/c1-8(2)5-9-4-7-10-3-6(8)11-7/h6-7H,3-5H2,1-2H3. The van der Waals surface area contributed by atoms with Gasteiger partial charge >= 0.3 is 0 Å². The van der Waals surface area contributed by atoms with Gasteiger partial charge in [-0.05, 0) is 0 Å². The van der Waals surface area contributed by atoms with E-state index >= 15 is 0 Å². The molecule has 0 aromatic heterocycles. The summed E-state index contributed by atoms with van der Waals surface area (Å²) in [4.78, 5) is 0. The number of ether oxygens (including phenoxy) is 3. The molecule has 2 saturated heterocycles. The van der Waals surface area contributed by atoms with E-state index in [0.29, 0.717) is 6.61 Å². The average Bonchev–Trinajstić information content (AvgIpc) is 2.30. The maximum atomic E-state index is 5.59. The molecule has 2 bridgehead atoms. The molecule has 11 heavy (non-hydrogen) atoms. The van der Waals surface area contributed by atoms with Gasteiger partial charge in [-0.25, -0.2) is 0 Å². The second-order valence-electron chi connectivity index (χ2n) is 3.89. The van der Waals surface area contributed by atoms with Crippen LogP contribution in [0, 0.1) is 5.41 Å². The third-order valence-electron chi connectivity index (χ3n) is 2.35. The Morgan fingerprint density at radius 3 is 2.91 bits per heavy atom. The minimum Gasteiger partial charge on any atom is -0.376 e. The summed E-state index contributed by atoms with van der Waals surface area (Å²) in [5, 5.41) is 0. The molecule has 0 N–H and O–H groups in total. The van der Waals surface area contributed by atoms with Crippen molar-refractivity contribution in [1.29, 1.82) is 0 Å². The highest BCUT2D eigenvalue weighted by molar-refractivity contribution is 4.84. The number of hydrogen-bond acceptors (Lipinski definition) is 3. The van der Waals surface area contributed by atoms with E-state index < -0.39 is 0 Å². The first-order chi connectivity index (χ1) is 5.18. The lowest BCUT2D eigenvalue weighted by Gasteiger charge is -2.27. The molecule has 0 spiro atoms. The van der Waals surface area contributed by atoms with E-state index in [0.717, 1.165) is 13.2 Å². The summed E-state index contributed by atoms with van der Waals surface area (Å²) in [6.07, 6.45) is 0.108. The van der Waals surface area contributed by atoms with E-state index in [1.165, 1.54) is 0 Å². The molecular weight excluding hydrogens is 144 g/mol. The molecule has 2 heterocycles. The molecule has 2 atom stereocenters. The van der Waals surface area contributed by atoms with Crippen molar-refractivity contribution in [2.24, 2.45) is 5.41 Å². The van der Waals surface area contributed by atoms with Crippen LogP contribution in [0.5, 0.6) is 0 Å². The second kappa shape index (κ2) is 2.44. The molecular formula is C8H14O3.